The number of nitrogens with zero attached hydrogens (tertiary/aromatic N) is 6. The Bertz CT molecular complexity index is 2240. The first kappa shape index (κ1) is 34.7. The highest BCUT2D eigenvalue weighted by Crippen LogP contribution is 2.48. The van der Waals surface area contributed by atoms with Crippen molar-refractivity contribution in [3.8, 4) is 23.2 Å². The van der Waals surface area contributed by atoms with Crippen LogP contribution in [0.2, 0.25) is 5.02 Å². The number of aromatic nitrogens is 4. The van der Waals surface area contributed by atoms with Crippen LogP contribution in [0.25, 0.3) is 32.1 Å². The van der Waals surface area contributed by atoms with Crippen LogP contribution in [0.15, 0.2) is 42.2 Å². The second-order valence-corrected chi connectivity index (χ2v) is 14.5. The lowest BCUT2D eigenvalue weighted by molar-refractivity contribution is 0.146. The minimum absolute atomic E-state index is 0.0165. The summed E-state index contributed by atoms with van der Waals surface area (Å²) in [7, 11) is 0. The van der Waals surface area contributed by atoms with Gasteiger partial charge in [0.2, 0.25) is 0 Å². The first-order chi connectivity index (χ1) is 24.5. The standard InChI is InChI=1S/C35H32ClF4N9OS/c1-17(27-31(42)45-9-8-44-27)14-46-33-20-12-22(36)25(19-2-3-23(37)29-24(19)21(13-41)32(43)51-29)26(38)28(20)47-34(48-33)50-16-35(6-7-35)15-49-10-4-18(5-11-49)30(39)40/h2-3,8-9,12,17H,4-7,10-11,14-16,43H2,1H3,(H2,42,45)(H,46,47,48)/t17-/m1/s1. The van der Waals surface area contributed by atoms with Gasteiger partial charge in [0, 0.05) is 66.2 Å². The number of halogens is 5. The molecule has 1 atom stereocenters. The maximum atomic E-state index is 16.9. The average molecular weight is 738 g/mol. The Morgan fingerprint density at radius 2 is 1.90 bits per heavy atom. The predicted molar refractivity (Wildman–Crippen MR) is 190 cm³/mol. The number of nitriles is 1. The number of rotatable bonds is 10. The third-order valence-electron chi connectivity index (χ3n) is 9.61. The van der Waals surface area contributed by atoms with E-state index in [1.54, 1.807) is 6.20 Å². The lowest BCUT2D eigenvalue weighted by atomic mass is 9.97. The second-order valence-electron chi connectivity index (χ2n) is 13.1. The van der Waals surface area contributed by atoms with Crippen LogP contribution >= 0.6 is 22.9 Å². The van der Waals surface area contributed by atoms with Gasteiger partial charge in [-0.25, -0.2) is 13.8 Å². The van der Waals surface area contributed by atoms with E-state index in [4.69, 9.17) is 27.8 Å². The van der Waals surface area contributed by atoms with Crippen molar-refractivity contribution in [3.05, 3.63) is 70.2 Å². The van der Waals surface area contributed by atoms with Gasteiger partial charge in [-0.1, -0.05) is 24.6 Å². The summed E-state index contributed by atoms with van der Waals surface area (Å²) in [6, 6.07) is 5.98. The van der Waals surface area contributed by atoms with Crippen molar-refractivity contribution in [3.63, 3.8) is 0 Å². The molecule has 2 aromatic carbocycles. The van der Waals surface area contributed by atoms with Crippen molar-refractivity contribution in [2.75, 3.05) is 49.6 Å². The van der Waals surface area contributed by atoms with Crippen molar-refractivity contribution >= 4 is 60.6 Å². The highest BCUT2D eigenvalue weighted by molar-refractivity contribution is 7.23. The first-order valence-electron chi connectivity index (χ1n) is 16.3. The lowest BCUT2D eigenvalue weighted by Crippen LogP contribution is -2.37. The lowest BCUT2D eigenvalue weighted by Gasteiger charge is -2.31. The summed E-state index contributed by atoms with van der Waals surface area (Å²) in [5, 5.41) is 13.6. The molecule has 0 unspecified atom stereocenters. The molecule has 0 bridgehead atoms. The third kappa shape index (κ3) is 6.71. The van der Waals surface area contributed by atoms with Crippen LogP contribution < -0.4 is 21.5 Å². The van der Waals surface area contributed by atoms with Gasteiger partial charge in [-0.3, -0.25) is 4.98 Å². The number of nitrogens with one attached hydrogen (secondary N) is 1. The molecule has 1 saturated carbocycles. The molecular formula is C35H32ClF4N9OS. The van der Waals surface area contributed by atoms with Crippen LogP contribution in [0.3, 0.4) is 0 Å². The Morgan fingerprint density at radius 1 is 1.16 bits per heavy atom. The number of nitrogens with two attached hydrogens (primary N) is 2. The first-order valence-corrected chi connectivity index (χ1v) is 17.5. The summed E-state index contributed by atoms with van der Waals surface area (Å²) in [5.74, 6) is -1.12. The van der Waals surface area contributed by atoms with Crippen molar-refractivity contribution in [1.29, 1.82) is 5.26 Å². The number of anilines is 3. The number of benzene rings is 2. The number of thiophene rings is 1. The van der Waals surface area contributed by atoms with E-state index >= 15 is 4.39 Å². The van der Waals surface area contributed by atoms with Crippen LogP contribution in [-0.2, 0) is 0 Å². The summed E-state index contributed by atoms with van der Waals surface area (Å²) in [5.41, 5.74) is 12.7. The fourth-order valence-electron chi connectivity index (χ4n) is 6.60. The molecule has 16 heteroatoms. The van der Waals surface area contributed by atoms with Crippen molar-refractivity contribution in [2.24, 2.45) is 5.41 Å². The molecule has 0 radical (unpaired) electrons. The summed E-state index contributed by atoms with van der Waals surface area (Å²) in [6.07, 6.45) is 3.87. The highest BCUT2D eigenvalue weighted by atomic mass is 35.5. The summed E-state index contributed by atoms with van der Waals surface area (Å²) in [4.78, 5) is 19.8. The molecule has 1 saturated heterocycles. The van der Waals surface area contributed by atoms with E-state index in [2.05, 4.69) is 30.2 Å². The van der Waals surface area contributed by atoms with Gasteiger partial charge in [-0.05, 0) is 49.0 Å². The maximum Gasteiger partial charge on any atom is 0.319 e. The zero-order valence-electron chi connectivity index (χ0n) is 27.4. The molecule has 0 amide bonds. The van der Waals surface area contributed by atoms with E-state index in [-0.39, 0.29) is 95.4 Å². The zero-order chi connectivity index (χ0) is 36.0. The van der Waals surface area contributed by atoms with Gasteiger partial charge in [0.15, 0.2) is 5.82 Å². The SMILES string of the molecule is C[C@H](CNc1nc(OCC2(CN3CCC(=C(F)F)CC3)CC2)nc2c(F)c(-c3ccc(F)c4sc(N)c(C#N)c34)c(Cl)cc12)c1nccnc1N. The van der Waals surface area contributed by atoms with Crippen molar-refractivity contribution < 1.29 is 22.3 Å². The average Bonchev–Trinajstić information content (AvgIpc) is 3.79. The number of hydrogen-bond acceptors (Lipinski definition) is 11. The smallest absolute Gasteiger partial charge is 0.319 e. The van der Waals surface area contributed by atoms with Gasteiger partial charge >= 0.3 is 6.01 Å². The minimum atomic E-state index is -1.59. The molecule has 5 N–H and O–H groups in total. The number of fused-ring (bicyclic) bond motifs is 2. The molecule has 2 fully saturated rings. The predicted octanol–water partition coefficient (Wildman–Crippen LogP) is 7.89. The summed E-state index contributed by atoms with van der Waals surface area (Å²) < 4.78 is 64.2. The molecule has 4 heterocycles. The molecule has 0 spiro atoms. The maximum absolute atomic E-state index is 16.9. The monoisotopic (exact) mass is 737 g/mol. The minimum Gasteiger partial charge on any atom is -0.463 e. The third-order valence-corrected chi connectivity index (χ3v) is 10.9. The molecule has 1 aliphatic carbocycles. The molecule has 3 aromatic heterocycles. The number of likely N-dealkylation sites (tertiary alicyclic amines) is 1. The number of ether oxygens (including phenoxy) is 1. The molecule has 1 aliphatic heterocycles. The molecule has 51 heavy (non-hydrogen) atoms. The zero-order valence-corrected chi connectivity index (χ0v) is 28.9. The quantitative estimate of drug-likeness (QED) is 0.121. The van der Waals surface area contributed by atoms with E-state index in [1.165, 1.54) is 24.4 Å². The summed E-state index contributed by atoms with van der Waals surface area (Å²) >= 11 is 7.68. The van der Waals surface area contributed by atoms with Crippen LogP contribution in [0, 0.1) is 28.4 Å². The van der Waals surface area contributed by atoms with Gasteiger partial charge in [0.1, 0.15) is 34.0 Å². The second kappa shape index (κ2) is 13.7. The number of piperidine rings is 1. The number of hydrogen-bond donors (Lipinski definition) is 3. The molecule has 5 aromatic rings. The van der Waals surface area contributed by atoms with E-state index < -0.39 is 17.7 Å². The summed E-state index contributed by atoms with van der Waals surface area (Å²) in [6.45, 7) is 4.17. The molecule has 7 rings (SSSR count). The van der Waals surface area contributed by atoms with Gasteiger partial charge in [0.05, 0.1) is 27.6 Å². The van der Waals surface area contributed by atoms with E-state index in [0.717, 1.165) is 24.2 Å². The normalized spacial score (nSPS) is 16.3. The van der Waals surface area contributed by atoms with Crippen LogP contribution in [0.5, 0.6) is 6.01 Å². The van der Waals surface area contributed by atoms with Gasteiger partial charge in [-0.15, -0.1) is 11.3 Å². The van der Waals surface area contributed by atoms with Crippen LogP contribution in [0.1, 0.15) is 49.8 Å². The van der Waals surface area contributed by atoms with E-state index in [9.17, 15) is 18.4 Å². The Labute approximate surface area is 299 Å². The van der Waals surface area contributed by atoms with Gasteiger partial charge < -0.3 is 26.4 Å². The molecule has 264 valence electrons. The molecular weight excluding hydrogens is 706 g/mol. The van der Waals surface area contributed by atoms with Gasteiger partial charge in [-0.2, -0.15) is 24.0 Å². The number of nitrogen functional groups attached to an aromatic ring is 2. The van der Waals surface area contributed by atoms with E-state index in [1.807, 2.05) is 13.0 Å². The Balaban J connectivity index is 1.25. The van der Waals surface area contributed by atoms with Crippen molar-refractivity contribution in [1.82, 2.24) is 24.8 Å². The van der Waals surface area contributed by atoms with Crippen LogP contribution in [-0.4, -0.2) is 57.6 Å². The largest absolute Gasteiger partial charge is 0.463 e. The Hall–Kier alpha value is -4.78. The van der Waals surface area contributed by atoms with E-state index in [0.29, 0.717) is 38.2 Å². The molecule has 10 nitrogen and oxygen atoms in total. The molecule has 2 aliphatic rings. The fraction of sp³-hybridized carbons (Fsp3) is 0.343. The van der Waals surface area contributed by atoms with Crippen molar-refractivity contribution in [2.45, 2.75) is 38.5 Å². The topological polar surface area (TPSA) is 152 Å². The Kier molecular flexibility index (Phi) is 9.34. The van der Waals surface area contributed by atoms with Gasteiger partial charge in [0.25, 0.3) is 6.08 Å². The fourth-order valence-corrected chi connectivity index (χ4v) is 7.85. The van der Waals surface area contributed by atoms with Crippen LogP contribution in [0.4, 0.5) is 34.2 Å². The Morgan fingerprint density at radius 3 is 2.59 bits per heavy atom. The highest BCUT2D eigenvalue weighted by Gasteiger charge is 2.45.